The van der Waals surface area contributed by atoms with Gasteiger partial charge in [0.25, 0.3) is 0 Å². The van der Waals surface area contributed by atoms with E-state index in [2.05, 4.69) is 5.32 Å². The van der Waals surface area contributed by atoms with E-state index in [-0.39, 0.29) is 11.8 Å². The van der Waals surface area contributed by atoms with Crippen LogP contribution in [-0.2, 0) is 4.79 Å². The number of hydrogen-bond acceptors (Lipinski definition) is 2. The number of nitrogens with one attached hydrogen (secondary N) is 1. The average molecular weight is 204 g/mol. The van der Waals surface area contributed by atoms with Crippen molar-refractivity contribution in [3.8, 4) is 0 Å². The highest BCUT2D eigenvalue weighted by Gasteiger charge is 2.27. The fourth-order valence-corrected chi connectivity index (χ4v) is 1.61. The van der Waals surface area contributed by atoms with Crippen LogP contribution >= 0.6 is 0 Å². The molecule has 1 unspecified atom stereocenters. The molecule has 2 rings (SSSR count). The first kappa shape index (κ1) is 10.2. The van der Waals surface area contributed by atoms with Gasteiger partial charge in [0.2, 0.25) is 5.91 Å². The van der Waals surface area contributed by atoms with Gasteiger partial charge in [-0.05, 0) is 18.4 Å². The first-order chi connectivity index (χ1) is 7.31. The second kappa shape index (κ2) is 4.45. The van der Waals surface area contributed by atoms with Gasteiger partial charge >= 0.3 is 0 Å². The molecule has 1 aromatic carbocycles. The fraction of sp³-hybridized carbons (Fsp3) is 0.417. The molecular weight excluding hydrogens is 188 g/mol. The summed E-state index contributed by atoms with van der Waals surface area (Å²) in [6.45, 7) is 0.364. The number of carbonyl (C=O) groups is 1. The summed E-state index contributed by atoms with van der Waals surface area (Å²) < 4.78 is 0. The average Bonchev–Trinajstić information content (AvgIpc) is 3.04. The molecule has 3 nitrogen and oxygen atoms in total. The smallest absolute Gasteiger partial charge is 0.229 e. The molecule has 0 radical (unpaired) electrons. The summed E-state index contributed by atoms with van der Waals surface area (Å²) in [5.41, 5.74) is 6.64. The molecule has 1 aliphatic rings. The first-order valence-electron chi connectivity index (χ1n) is 5.36. The van der Waals surface area contributed by atoms with Crippen LogP contribution in [0.2, 0.25) is 0 Å². The Kier molecular flexibility index (Phi) is 3.02. The number of carbonyl (C=O) groups excluding carboxylic acids is 1. The highest BCUT2D eigenvalue weighted by molar-refractivity contribution is 5.84. The number of amides is 1. The summed E-state index contributed by atoms with van der Waals surface area (Å²) in [6.07, 6.45) is 2.22. The van der Waals surface area contributed by atoms with E-state index in [4.69, 9.17) is 5.73 Å². The Morgan fingerprint density at radius 1 is 1.40 bits per heavy atom. The quantitative estimate of drug-likeness (QED) is 0.769. The molecule has 1 atom stereocenters. The van der Waals surface area contributed by atoms with Crippen molar-refractivity contribution in [1.82, 2.24) is 5.32 Å². The largest absolute Gasteiger partial charge is 0.353 e. The number of benzene rings is 1. The van der Waals surface area contributed by atoms with Crippen molar-refractivity contribution >= 4 is 5.91 Å². The van der Waals surface area contributed by atoms with Crippen LogP contribution in [0.5, 0.6) is 0 Å². The minimum Gasteiger partial charge on any atom is -0.353 e. The van der Waals surface area contributed by atoms with Crippen LogP contribution in [0.4, 0.5) is 0 Å². The zero-order valence-corrected chi connectivity index (χ0v) is 8.65. The van der Waals surface area contributed by atoms with E-state index in [0.717, 1.165) is 18.4 Å². The van der Waals surface area contributed by atoms with Crippen molar-refractivity contribution in [2.45, 2.75) is 24.8 Å². The van der Waals surface area contributed by atoms with Crippen molar-refractivity contribution in [1.29, 1.82) is 0 Å². The summed E-state index contributed by atoms with van der Waals surface area (Å²) >= 11 is 0. The van der Waals surface area contributed by atoms with Crippen LogP contribution in [0, 0.1) is 0 Å². The van der Waals surface area contributed by atoms with Crippen molar-refractivity contribution in [3.05, 3.63) is 35.9 Å². The van der Waals surface area contributed by atoms with E-state index in [1.807, 2.05) is 30.3 Å². The van der Waals surface area contributed by atoms with Gasteiger partial charge in [-0.2, -0.15) is 0 Å². The predicted octanol–water partition coefficient (Wildman–Crippen LogP) is 1.01. The summed E-state index contributed by atoms with van der Waals surface area (Å²) in [7, 11) is 0. The highest BCUT2D eigenvalue weighted by atomic mass is 16.2. The van der Waals surface area contributed by atoms with E-state index in [0.29, 0.717) is 12.6 Å². The van der Waals surface area contributed by atoms with Crippen molar-refractivity contribution in [2.24, 2.45) is 5.73 Å². The molecule has 1 saturated carbocycles. The Morgan fingerprint density at radius 2 is 2.07 bits per heavy atom. The molecule has 1 fully saturated rings. The second-order valence-electron chi connectivity index (χ2n) is 3.98. The van der Waals surface area contributed by atoms with E-state index >= 15 is 0 Å². The van der Waals surface area contributed by atoms with Gasteiger partial charge in [0, 0.05) is 12.6 Å². The summed E-state index contributed by atoms with van der Waals surface area (Å²) in [5, 5.41) is 2.98. The van der Waals surface area contributed by atoms with Gasteiger partial charge in [0.1, 0.15) is 0 Å². The lowest BCUT2D eigenvalue weighted by molar-refractivity contribution is -0.122. The van der Waals surface area contributed by atoms with Gasteiger partial charge in [-0.15, -0.1) is 0 Å². The maximum Gasteiger partial charge on any atom is 0.229 e. The van der Waals surface area contributed by atoms with Crippen LogP contribution in [0.1, 0.15) is 24.3 Å². The van der Waals surface area contributed by atoms with Crippen LogP contribution in [0.25, 0.3) is 0 Å². The SMILES string of the molecule is NCC(C(=O)NC1CC1)c1ccccc1. The summed E-state index contributed by atoms with van der Waals surface area (Å²) in [5.74, 6) is -0.141. The molecule has 15 heavy (non-hydrogen) atoms. The Labute approximate surface area is 89.7 Å². The van der Waals surface area contributed by atoms with E-state index in [9.17, 15) is 4.79 Å². The van der Waals surface area contributed by atoms with Crippen molar-refractivity contribution in [2.75, 3.05) is 6.54 Å². The third kappa shape index (κ3) is 2.57. The van der Waals surface area contributed by atoms with Gasteiger partial charge in [-0.1, -0.05) is 30.3 Å². The van der Waals surface area contributed by atoms with Gasteiger partial charge < -0.3 is 11.1 Å². The lowest BCUT2D eigenvalue weighted by Crippen LogP contribution is -2.34. The Bertz CT molecular complexity index is 333. The monoisotopic (exact) mass is 204 g/mol. The van der Waals surface area contributed by atoms with Crippen LogP contribution in [-0.4, -0.2) is 18.5 Å². The fourth-order valence-electron chi connectivity index (χ4n) is 1.61. The molecule has 1 amide bonds. The van der Waals surface area contributed by atoms with Gasteiger partial charge in [0.15, 0.2) is 0 Å². The minimum absolute atomic E-state index is 0.0613. The molecule has 0 heterocycles. The Morgan fingerprint density at radius 3 is 2.60 bits per heavy atom. The van der Waals surface area contributed by atoms with Crippen molar-refractivity contribution in [3.63, 3.8) is 0 Å². The Hall–Kier alpha value is -1.35. The second-order valence-corrected chi connectivity index (χ2v) is 3.98. The minimum atomic E-state index is -0.202. The molecule has 1 aliphatic carbocycles. The molecule has 0 bridgehead atoms. The maximum absolute atomic E-state index is 11.8. The van der Waals surface area contributed by atoms with Crippen molar-refractivity contribution < 1.29 is 4.79 Å². The molecule has 1 aromatic rings. The third-order valence-corrected chi connectivity index (χ3v) is 2.68. The van der Waals surface area contributed by atoms with Gasteiger partial charge in [0.05, 0.1) is 5.92 Å². The summed E-state index contributed by atoms with van der Waals surface area (Å²) in [6, 6.07) is 10.1. The molecule has 3 N–H and O–H groups in total. The molecule has 80 valence electrons. The topological polar surface area (TPSA) is 55.1 Å². The van der Waals surface area contributed by atoms with E-state index in [1.54, 1.807) is 0 Å². The molecule has 0 saturated heterocycles. The maximum atomic E-state index is 11.8. The highest BCUT2D eigenvalue weighted by Crippen LogP contribution is 2.21. The molecule has 0 aromatic heterocycles. The third-order valence-electron chi connectivity index (χ3n) is 2.68. The van der Waals surface area contributed by atoms with Crippen LogP contribution in [0.15, 0.2) is 30.3 Å². The van der Waals surface area contributed by atoms with Gasteiger partial charge in [-0.25, -0.2) is 0 Å². The normalized spacial score (nSPS) is 17.1. The lowest BCUT2D eigenvalue weighted by Gasteiger charge is -2.14. The molecule has 0 aliphatic heterocycles. The number of rotatable bonds is 4. The first-order valence-corrected chi connectivity index (χ1v) is 5.36. The van der Waals surface area contributed by atoms with Crippen LogP contribution in [0.3, 0.4) is 0 Å². The van der Waals surface area contributed by atoms with Crippen LogP contribution < -0.4 is 11.1 Å². The number of nitrogens with two attached hydrogens (primary N) is 1. The molecule has 3 heteroatoms. The Balaban J connectivity index is 2.05. The lowest BCUT2D eigenvalue weighted by atomic mass is 9.98. The summed E-state index contributed by atoms with van der Waals surface area (Å²) in [4.78, 5) is 11.8. The zero-order valence-electron chi connectivity index (χ0n) is 8.65. The zero-order chi connectivity index (χ0) is 10.7. The molecular formula is C12H16N2O. The standard InChI is InChI=1S/C12H16N2O/c13-8-11(9-4-2-1-3-5-9)12(15)14-10-6-7-10/h1-5,10-11H,6-8,13H2,(H,14,15). The van der Waals surface area contributed by atoms with E-state index in [1.165, 1.54) is 0 Å². The number of hydrogen-bond donors (Lipinski definition) is 2. The predicted molar refractivity (Wildman–Crippen MR) is 59.4 cm³/mol. The van der Waals surface area contributed by atoms with Gasteiger partial charge in [-0.3, -0.25) is 4.79 Å². The molecule has 0 spiro atoms. The van der Waals surface area contributed by atoms with E-state index < -0.39 is 0 Å².